The van der Waals surface area contributed by atoms with E-state index in [1.54, 1.807) is 20.0 Å². The second-order valence-corrected chi connectivity index (χ2v) is 5.15. The second kappa shape index (κ2) is 5.73. The lowest BCUT2D eigenvalue weighted by Gasteiger charge is -2.12. The minimum atomic E-state index is -0.396. The summed E-state index contributed by atoms with van der Waals surface area (Å²) >= 11 is 11.9. The molecular weight excluding hydrogens is 301 g/mol. The molecule has 0 aliphatic heterocycles. The standard InChI is InChI=1S/C13H13Cl2N3O2/c1-6-5-17-13(20-6)7(2)18-12(19)9-3-8(16)4-10(14)11(9)15/h3-5,7H,16H2,1-2H3,(H,18,19). The summed E-state index contributed by atoms with van der Waals surface area (Å²) in [5.41, 5.74) is 6.24. The van der Waals surface area contributed by atoms with Gasteiger partial charge in [-0.15, -0.1) is 0 Å². The number of anilines is 1. The maximum absolute atomic E-state index is 12.2. The predicted octanol–water partition coefficient (Wildman–Crippen LogP) is 3.36. The van der Waals surface area contributed by atoms with E-state index in [4.69, 9.17) is 33.4 Å². The van der Waals surface area contributed by atoms with Gasteiger partial charge in [-0.05, 0) is 26.0 Å². The Morgan fingerprint density at radius 2 is 2.15 bits per heavy atom. The van der Waals surface area contributed by atoms with Gasteiger partial charge >= 0.3 is 0 Å². The van der Waals surface area contributed by atoms with Crippen molar-refractivity contribution in [1.29, 1.82) is 0 Å². The van der Waals surface area contributed by atoms with Crippen LogP contribution in [-0.4, -0.2) is 10.9 Å². The maximum Gasteiger partial charge on any atom is 0.253 e. The quantitative estimate of drug-likeness (QED) is 0.851. The lowest BCUT2D eigenvalue weighted by atomic mass is 10.1. The summed E-state index contributed by atoms with van der Waals surface area (Å²) in [6, 6.07) is 2.56. The molecule has 0 radical (unpaired) electrons. The van der Waals surface area contributed by atoms with Crippen molar-refractivity contribution in [3.63, 3.8) is 0 Å². The predicted molar refractivity (Wildman–Crippen MR) is 78.0 cm³/mol. The van der Waals surface area contributed by atoms with Gasteiger partial charge in [0.05, 0.1) is 21.8 Å². The van der Waals surface area contributed by atoms with E-state index in [2.05, 4.69) is 10.3 Å². The normalized spacial score (nSPS) is 12.2. The number of nitrogen functional groups attached to an aromatic ring is 1. The third kappa shape index (κ3) is 3.05. The summed E-state index contributed by atoms with van der Waals surface area (Å²) in [5, 5.41) is 3.12. The van der Waals surface area contributed by atoms with Crippen molar-refractivity contribution in [2.45, 2.75) is 19.9 Å². The molecule has 20 heavy (non-hydrogen) atoms. The van der Waals surface area contributed by atoms with Gasteiger partial charge in [-0.25, -0.2) is 4.98 Å². The zero-order valence-corrected chi connectivity index (χ0v) is 12.4. The number of hydrogen-bond acceptors (Lipinski definition) is 4. The summed E-state index contributed by atoms with van der Waals surface area (Å²) in [7, 11) is 0. The Kier molecular flexibility index (Phi) is 4.20. The Bertz CT molecular complexity index is 655. The Balaban J connectivity index is 2.20. The van der Waals surface area contributed by atoms with Crippen LogP contribution in [0, 0.1) is 6.92 Å². The highest BCUT2D eigenvalue weighted by Crippen LogP contribution is 2.29. The fraction of sp³-hybridized carbons (Fsp3) is 0.231. The highest BCUT2D eigenvalue weighted by molar-refractivity contribution is 6.44. The van der Waals surface area contributed by atoms with Crippen LogP contribution in [0.15, 0.2) is 22.7 Å². The lowest BCUT2D eigenvalue weighted by molar-refractivity contribution is 0.0934. The van der Waals surface area contributed by atoms with E-state index in [1.807, 2.05) is 0 Å². The SMILES string of the molecule is Cc1cnc(C(C)NC(=O)c2cc(N)cc(Cl)c2Cl)o1. The number of benzene rings is 1. The van der Waals surface area contributed by atoms with Crippen LogP contribution in [0.2, 0.25) is 10.0 Å². The first kappa shape index (κ1) is 14.7. The van der Waals surface area contributed by atoms with Crippen LogP contribution >= 0.6 is 23.2 Å². The van der Waals surface area contributed by atoms with Crippen LogP contribution < -0.4 is 11.1 Å². The average molecular weight is 314 g/mol. The fourth-order valence-corrected chi connectivity index (χ4v) is 2.11. The summed E-state index contributed by atoms with van der Waals surface area (Å²) < 4.78 is 5.35. The number of oxazole rings is 1. The molecular formula is C13H13Cl2N3O2. The molecule has 0 aliphatic rings. The first-order valence-corrected chi connectivity index (χ1v) is 6.61. The zero-order chi connectivity index (χ0) is 14.9. The highest BCUT2D eigenvalue weighted by atomic mass is 35.5. The number of halogens is 2. The Hall–Kier alpha value is -1.72. The molecule has 2 aromatic rings. The third-order valence-electron chi connectivity index (χ3n) is 2.65. The van der Waals surface area contributed by atoms with Crippen molar-refractivity contribution in [2.75, 3.05) is 5.73 Å². The molecule has 0 fully saturated rings. The molecule has 1 aromatic heterocycles. The summed E-state index contributed by atoms with van der Waals surface area (Å²) in [6.45, 7) is 3.53. The Morgan fingerprint density at radius 3 is 2.75 bits per heavy atom. The third-order valence-corrected chi connectivity index (χ3v) is 3.45. The van der Waals surface area contributed by atoms with Gasteiger partial charge in [-0.3, -0.25) is 4.79 Å². The van der Waals surface area contributed by atoms with E-state index in [1.165, 1.54) is 12.1 Å². The Labute approximate surface area is 126 Å². The van der Waals surface area contributed by atoms with Gasteiger partial charge in [0.1, 0.15) is 11.8 Å². The van der Waals surface area contributed by atoms with Gasteiger partial charge in [0, 0.05) is 5.69 Å². The number of nitrogens with one attached hydrogen (secondary N) is 1. The van der Waals surface area contributed by atoms with Crippen molar-refractivity contribution >= 4 is 34.8 Å². The smallest absolute Gasteiger partial charge is 0.253 e. The first-order chi connectivity index (χ1) is 9.38. The molecule has 1 amide bonds. The molecule has 0 spiro atoms. The van der Waals surface area contributed by atoms with E-state index in [9.17, 15) is 4.79 Å². The molecule has 0 aliphatic carbocycles. The summed E-state index contributed by atoms with van der Waals surface area (Å²) in [5.74, 6) is 0.695. The van der Waals surface area contributed by atoms with Crippen molar-refractivity contribution in [3.8, 4) is 0 Å². The van der Waals surface area contributed by atoms with Crippen LogP contribution in [-0.2, 0) is 0 Å². The van der Waals surface area contributed by atoms with Gasteiger partial charge < -0.3 is 15.5 Å². The molecule has 7 heteroatoms. The molecule has 1 unspecified atom stereocenters. The van der Waals surface area contributed by atoms with Gasteiger partial charge in [-0.2, -0.15) is 0 Å². The van der Waals surface area contributed by atoms with E-state index in [-0.39, 0.29) is 15.6 Å². The van der Waals surface area contributed by atoms with E-state index in [0.717, 1.165) is 0 Å². The highest BCUT2D eigenvalue weighted by Gasteiger charge is 2.19. The van der Waals surface area contributed by atoms with E-state index in [0.29, 0.717) is 17.3 Å². The number of rotatable bonds is 3. The monoisotopic (exact) mass is 313 g/mol. The second-order valence-electron chi connectivity index (χ2n) is 4.37. The largest absolute Gasteiger partial charge is 0.444 e. The van der Waals surface area contributed by atoms with E-state index >= 15 is 0 Å². The molecule has 5 nitrogen and oxygen atoms in total. The summed E-state index contributed by atoms with van der Waals surface area (Å²) in [4.78, 5) is 16.2. The minimum Gasteiger partial charge on any atom is -0.444 e. The number of nitrogens with zero attached hydrogens (tertiary/aromatic N) is 1. The zero-order valence-electron chi connectivity index (χ0n) is 10.9. The van der Waals surface area contributed by atoms with Crippen LogP contribution in [0.25, 0.3) is 0 Å². The molecule has 2 rings (SSSR count). The first-order valence-electron chi connectivity index (χ1n) is 5.86. The molecule has 1 atom stereocenters. The van der Waals surface area contributed by atoms with Crippen molar-refractivity contribution in [2.24, 2.45) is 0 Å². The molecule has 1 aromatic carbocycles. The molecule has 1 heterocycles. The van der Waals surface area contributed by atoms with Crippen LogP contribution in [0.1, 0.15) is 35.0 Å². The number of amides is 1. The van der Waals surface area contributed by atoms with Crippen LogP contribution in [0.4, 0.5) is 5.69 Å². The fourth-order valence-electron chi connectivity index (χ4n) is 1.68. The number of aromatic nitrogens is 1. The number of nitrogens with two attached hydrogens (primary N) is 1. The molecule has 3 N–H and O–H groups in total. The van der Waals surface area contributed by atoms with Crippen LogP contribution in [0.5, 0.6) is 0 Å². The number of carbonyl (C=O) groups excluding carboxylic acids is 1. The van der Waals surface area contributed by atoms with E-state index < -0.39 is 11.9 Å². The lowest BCUT2D eigenvalue weighted by Crippen LogP contribution is -2.27. The molecule has 106 valence electrons. The van der Waals surface area contributed by atoms with Gasteiger partial charge in [0.2, 0.25) is 5.89 Å². The van der Waals surface area contributed by atoms with Crippen LogP contribution in [0.3, 0.4) is 0 Å². The van der Waals surface area contributed by atoms with Crippen molar-refractivity contribution < 1.29 is 9.21 Å². The summed E-state index contributed by atoms with van der Waals surface area (Å²) in [6.07, 6.45) is 1.59. The maximum atomic E-state index is 12.2. The molecule has 0 bridgehead atoms. The van der Waals surface area contributed by atoms with Gasteiger partial charge in [-0.1, -0.05) is 23.2 Å². The average Bonchev–Trinajstić information content (AvgIpc) is 2.80. The number of hydrogen-bond donors (Lipinski definition) is 2. The Morgan fingerprint density at radius 1 is 1.45 bits per heavy atom. The number of aryl methyl sites for hydroxylation is 1. The topological polar surface area (TPSA) is 81.2 Å². The van der Waals surface area contributed by atoms with Crippen molar-refractivity contribution in [1.82, 2.24) is 10.3 Å². The molecule has 0 saturated heterocycles. The van der Waals surface area contributed by atoms with Gasteiger partial charge in [0.15, 0.2) is 0 Å². The number of carbonyl (C=O) groups is 1. The van der Waals surface area contributed by atoms with Crippen molar-refractivity contribution in [3.05, 3.63) is 45.6 Å². The minimum absolute atomic E-state index is 0.161. The van der Waals surface area contributed by atoms with Gasteiger partial charge in [0.25, 0.3) is 5.91 Å². The molecule has 0 saturated carbocycles.